The number of halogens is 1. The van der Waals surface area contributed by atoms with Crippen LogP contribution >= 0.6 is 27.7 Å². The summed E-state index contributed by atoms with van der Waals surface area (Å²) in [5, 5.41) is 4.09. The second-order valence-electron chi connectivity index (χ2n) is 7.35. The number of methoxy groups -OCH3 is 1. The number of pyridine rings is 1. The molecule has 0 aliphatic carbocycles. The lowest BCUT2D eigenvalue weighted by Gasteiger charge is -2.34. The van der Waals surface area contributed by atoms with Crippen molar-refractivity contribution in [2.45, 2.75) is 28.8 Å². The fourth-order valence-corrected chi connectivity index (χ4v) is 4.74. The number of hydrogen-bond donors (Lipinski definition) is 1. The van der Waals surface area contributed by atoms with E-state index in [1.165, 1.54) is 17.4 Å². The van der Waals surface area contributed by atoms with Crippen molar-refractivity contribution < 1.29 is 9.53 Å². The van der Waals surface area contributed by atoms with E-state index in [-0.39, 0.29) is 11.9 Å². The fourth-order valence-electron chi connectivity index (χ4n) is 3.62. The van der Waals surface area contributed by atoms with E-state index in [1.807, 2.05) is 48.5 Å². The minimum absolute atomic E-state index is 0.0249. The summed E-state index contributed by atoms with van der Waals surface area (Å²) in [5.41, 5.74) is 1.88. The van der Waals surface area contributed by atoms with Crippen molar-refractivity contribution in [2.75, 3.05) is 25.1 Å². The monoisotopic (exact) mass is 497 g/mol. The van der Waals surface area contributed by atoms with Crippen molar-refractivity contribution in [1.29, 1.82) is 0 Å². The highest BCUT2D eigenvalue weighted by atomic mass is 79.9. The third-order valence-electron chi connectivity index (χ3n) is 5.31. The maximum Gasteiger partial charge on any atom is 0.252 e. The number of rotatable bonds is 6. The zero-order valence-corrected chi connectivity index (χ0v) is 19.7. The molecule has 31 heavy (non-hydrogen) atoms. The van der Waals surface area contributed by atoms with Crippen molar-refractivity contribution >= 4 is 39.3 Å². The van der Waals surface area contributed by atoms with Crippen molar-refractivity contribution in [3.05, 3.63) is 76.9 Å². The van der Waals surface area contributed by atoms with Crippen molar-refractivity contribution in [1.82, 2.24) is 10.3 Å². The Morgan fingerprint density at radius 2 is 1.84 bits per heavy atom. The normalized spacial score (nSPS) is 14.3. The minimum atomic E-state index is -0.0249. The molecule has 0 unspecified atom stereocenters. The molecule has 1 aromatic heterocycles. The number of nitrogens with one attached hydrogen (secondary N) is 1. The van der Waals surface area contributed by atoms with Gasteiger partial charge in [-0.1, -0.05) is 23.9 Å². The first-order valence-corrected chi connectivity index (χ1v) is 11.8. The number of aromatic nitrogens is 1. The molecule has 0 bridgehead atoms. The van der Waals surface area contributed by atoms with Crippen LogP contribution < -0.4 is 15.0 Å². The van der Waals surface area contributed by atoms with Gasteiger partial charge in [-0.25, -0.2) is 4.98 Å². The molecule has 0 saturated carbocycles. The topological polar surface area (TPSA) is 54.5 Å². The zero-order valence-electron chi connectivity index (χ0n) is 17.3. The molecule has 0 spiro atoms. The highest BCUT2D eigenvalue weighted by molar-refractivity contribution is 9.10. The number of carbonyl (C=O) groups is 1. The van der Waals surface area contributed by atoms with Crippen LogP contribution in [0.5, 0.6) is 5.75 Å². The number of ether oxygens (including phenoxy) is 1. The number of anilines is 1. The Morgan fingerprint density at radius 1 is 1.10 bits per heavy atom. The van der Waals surface area contributed by atoms with Gasteiger partial charge in [0.05, 0.1) is 12.7 Å². The third kappa shape index (κ3) is 5.60. The first-order valence-electron chi connectivity index (χ1n) is 10.2. The average Bonchev–Trinajstić information content (AvgIpc) is 2.81. The van der Waals surface area contributed by atoms with Gasteiger partial charge in [-0.2, -0.15) is 0 Å². The average molecular weight is 498 g/mol. The molecular weight excluding hydrogens is 474 g/mol. The number of carbonyl (C=O) groups excluding carboxylic acids is 1. The molecule has 1 saturated heterocycles. The van der Waals surface area contributed by atoms with E-state index >= 15 is 0 Å². The highest BCUT2D eigenvalue weighted by Gasteiger charge is 2.22. The van der Waals surface area contributed by atoms with Gasteiger partial charge in [0.1, 0.15) is 10.8 Å². The van der Waals surface area contributed by atoms with E-state index in [9.17, 15) is 4.79 Å². The van der Waals surface area contributed by atoms with Crippen LogP contribution in [0.1, 0.15) is 23.2 Å². The van der Waals surface area contributed by atoms with E-state index < -0.39 is 0 Å². The summed E-state index contributed by atoms with van der Waals surface area (Å²) in [6, 6.07) is 19.9. The molecule has 1 amide bonds. The molecule has 0 radical (unpaired) electrons. The Bertz CT molecular complexity index is 1020. The molecular formula is C24H24BrN3O2S. The van der Waals surface area contributed by atoms with Gasteiger partial charge in [-0.15, -0.1) is 0 Å². The van der Waals surface area contributed by atoms with E-state index in [2.05, 4.69) is 43.3 Å². The molecule has 1 aliphatic heterocycles. The molecule has 5 nitrogen and oxygen atoms in total. The molecule has 1 fully saturated rings. The number of nitrogens with zero attached hydrogens (tertiary/aromatic N) is 2. The van der Waals surface area contributed by atoms with Gasteiger partial charge in [0.15, 0.2) is 0 Å². The number of benzene rings is 2. The predicted molar refractivity (Wildman–Crippen MR) is 128 cm³/mol. The van der Waals surface area contributed by atoms with Gasteiger partial charge in [0.25, 0.3) is 5.91 Å². The first-order chi connectivity index (χ1) is 15.1. The van der Waals surface area contributed by atoms with Crippen molar-refractivity contribution in [3.63, 3.8) is 0 Å². The third-order valence-corrected chi connectivity index (χ3v) is 6.81. The SMILES string of the molecule is COc1ccc(N2CCC(NC(=O)c3ccccc3Sc3ccc(Br)cn3)CC2)cc1. The Hall–Kier alpha value is -2.51. The molecule has 1 N–H and O–H groups in total. The highest BCUT2D eigenvalue weighted by Crippen LogP contribution is 2.30. The summed E-state index contributed by atoms with van der Waals surface area (Å²) in [5.74, 6) is 0.837. The maximum absolute atomic E-state index is 13.0. The van der Waals surface area contributed by atoms with Gasteiger partial charge in [0.2, 0.25) is 0 Å². The molecule has 2 heterocycles. The second-order valence-corrected chi connectivity index (χ2v) is 9.32. The summed E-state index contributed by atoms with van der Waals surface area (Å²) < 4.78 is 6.17. The Labute approximate surface area is 195 Å². The summed E-state index contributed by atoms with van der Waals surface area (Å²) in [6.07, 6.45) is 3.60. The predicted octanol–water partition coefficient (Wildman–Crippen LogP) is 5.40. The summed E-state index contributed by atoms with van der Waals surface area (Å²) >= 11 is 4.91. The van der Waals surface area contributed by atoms with Crippen LogP contribution in [-0.2, 0) is 0 Å². The Kier molecular flexibility index (Phi) is 7.14. The van der Waals surface area contributed by atoms with Crippen molar-refractivity contribution in [3.8, 4) is 5.75 Å². The van der Waals surface area contributed by atoms with Gasteiger partial charge >= 0.3 is 0 Å². The first kappa shape index (κ1) is 21.7. The molecule has 1 aliphatic rings. The summed E-state index contributed by atoms with van der Waals surface area (Å²) in [7, 11) is 1.68. The van der Waals surface area contributed by atoms with E-state index in [1.54, 1.807) is 13.3 Å². The number of amides is 1. The van der Waals surface area contributed by atoms with Crippen LogP contribution in [0.3, 0.4) is 0 Å². The molecule has 4 rings (SSSR count). The van der Waals surface area contributed by atoms with Gasteiger partial charge in [-0.3, -0.25) is 4.79 Å². The lowest BCUT2D eigenvalue weighted by molar-refractivity contribution is 0.0928. The quantitative estimate of drug-likeness (QED) is 0.493. The molecule has 2 aromatic carbocycles. The van der Waals surface area contributed by atoms with Crippen LogP contribution in [0, 0.1) is 0 Å². The minimum Gasteiger partial charge on any atom is -0.497 e. The zero-order chi connectivity index (χ0) is 21.6. The Balaban J connectivity index is 1.36. The molecule has 0 atom stereocenters. The van der Waals surface area contributed by atoms with Crippen LogP contribution in [0.2, 0.25) is 0 Å². The fraction of sp³-hybridized carbons (Fsp3) is 0.250. The summed E-state index contributed by atoms with van der Waals surface area (Å²) in [6.45, 7) is 1.83. The molecule has 160 valence electrons. The lowest BCUT2D eigenvalue weighted by Crippen LogP contribution is -2.44. The van der Waals surface area contributed by atoms with Gasteiger partial charge in [-0.05, 0) is 77.3 Å². The van der Waals surface area contributed by atoms with Crippen LogP contribution in [0.15, 0.2) is 81.3 Å². The van der Waals surface area contributed by atoms with Crippen LogP contribution in [0.25, 0.3) is 0 Å². The largest absolute Gasteiger partial charge is 0.497 e. The number of hydrogen-bond acceptors (Lipinski definition) is 5. The number of piperidine rings is 1. The smallest absolute Gasteiger partial charge is 0.252 e. The molecule has 7 heteroatoms. The van der Waals surface area contributed by atoms with E-state index in [0.29, 0.717) is 5.56 Å². The lowest BCUT2D eigenvalue weighted by atomic mass is 10.0. The van der Waals surface area contributed by atoms with Crippen LogP contribution in [-0.4, -0.2) is 37.1 Å². The van der Waals surface area contributed by atoms with Crippen molar-refractivity contribution in [2.24, 2.45) is 0 Å². The molecule has 3 aromatic rings. The van der Waals surface area contributed by atoms with Gasteiger partial charge in [0, 0.05) is 40.4 Å². The van der Waals surface area contributed by atoms with E-state index in [0.717, 1.165) is 46.1 Å². The standard InChI is InChI=1S/C24H24BrN3O2S/c1-30-20-9-7-19(8-10-20)28-14-12-18(13-15-28)27-24(29)21-4-2-3-5-22(21)31-23-11-6-17(25)16-26-23/h2-11,16,18H,12-15H2,1H3,(H,27,29). The summed E-state index contributed by atoms with van der Waals surface area (Å²) in [4.78, 5) is 20.7. The Morgan fingerprint density at radius 3 is 2.52 bits per heavy atom. The second kappa shape index (κ2) is 10.2. The maximum atomic E-state index is 13.0. The van der Waals surface area contributed by atoms with Crippen LogP contribution in [0.4, 0.5) is 5.69 Å². The van der Waals surface area contributed by atoms with E-state index in [4.69, 9.17) is 4.74 Å². The van der Waals surface area contributed by atoms with Gasteiger partial charge < -0.3 is 15.0 Å².